The fraction of sp³-hybridized carbons (Fsp3) is 0.167. The largest absolute Gasteiger partial charge is 0.464 e. The molecule has 1 heterocycles. The lowest BCUT2D eigenvalue weighted by Crippen LogP contribution is -2.04. The Hall–Kier alpha value is -1.54. The maximum Gasteiger partial charge on any atom is 0.133 e. The first kappa shape index (κ1) is 9.03. The standard InChI is InChI=1S/C12H13NO/c1-9(13)10-4-6-11(7-5-10)12-3-2-8-14-12/h2-9H,13H2,1H3. The molecule has 2 aromatic rings. The summed E-state index contributed by atoms with van der Waals surface area (Å²) < 4.78 is 5.29. The third kappa shape index (κ3) is 1.70. The second-order valence-corrected chi connectivity index (χ2v) is 3.39. The van der Waals surface area contributed by atoms with Gasteiger partial charge in [0.2, 0.25) is 0 Å². The molecule has 0 fully saturated rings. The number of nitrogens with two attached hydrogens (primary N) is 1. The summed E-state index contributed by atoms with van der Waals surface area (Å²) in [6.45, 7) is 1.97. The van der Waals surface area contributed by atoms with Gasteiger partial charge in [0.15, 0.2) is 0 Å². The molecule has 0 saturated carbocycles. The molecule has 1 unspecified atom stereocenters. The van der Waals surface area contributed by atoms with Crippen molar-refractivity contribution in [3.05, 3.63) is 48.2 Å². The first-order valence-electron chi connectivity index (χ1n) is 4.67. The summed E-state index contributed by atoms with van der Waals surface area (Å²) >= 11 is 0. The molecule has 0 aliphatic rings. The minimum absolute atomic E-state index is 0.0839. The van der Waals surface area contributed by atoms with E-state index in [9.17, 15) is 0 Å². The molecule has 1 aromatic carbocycles. The van der Waals surface area contributed by atoms with Crippen LogP contribution in [0.5, 0.6) is 0 Å². The maximum atomic E-state index is 5.76. The zero-order valence-electron chi connectivity index (χ0n) is 8.10. The minimum Gasteiger partial charge on any atom is -0.464 e. The van der Waals surface area contributed by atoms with Gasteiger partial charge in [0.1, 0.15) is 5.76 Å². The SMILES string of the molecule is CC(N)c1ccc(-c2ccco2)cc1. The molecule has 2 heteroatoms. The van der Waals surface area contributed by atoms with Crippen molar-refractivity contribution in [3.8, 4) is 11.3 Å². The Bertz CT molecular complexity index is 387. The molecule has 2 rings (SSSR count). The quantitative estimate of drug-likeness (QED) is 0.785. The summed E-state index contributed by atoms with van der Waals surface area (Å²) in [7, 11) is 0. The van der Waals surface area contributed by atoms with Crippen molar-refractivity contribution in [3.63, 3.8) is 0 Å². The molecule has 0 radical (unpaired) electrons. The van der Waals surface area contributed by atoms with Crippen LogP contribution in [0.4, 0.5) is 0 Å². The first-order chi connectivity index (χ1) is 6.77. The zero-order valence-corrected chi connectivity index (χ0v) is 8.10. The van der Waals surface area contributed by atoms with Crippen molar-refractivity contribution in [1.29, 1.82) is 0 Å². The predicted octanol–water partition coefficient (Wildman–Crippen LogP) is 2.97. The molecule has 1 atom stereocenters. The van der Waals surface area contributed by atoms with Crippen molar-refractivity contribution < 1.29 is 4.42 Å². The summed E-state index contributed by atoms with van der Waals surface area (Å²) in [5, 5.41) is 0. The van der Waals surface area contributed by atoms with Gasteiger partial charge in [0.25, 0.3) is 0 Å². The lowest BCUT2D eigenvalue weighted by Gasteiger charge is -2.05. The van der Waals surface area contributed by atoms with Crippen LogP contribution in [-0.4, -0.2) is 0 Å². The Labute approximate surface area is 83.4 Å². The average Bonchev–Trinajstić information content (AvgIpc) is 2.71. The van der Waals surface area contributed by atoms with Gasteiger partial charge in [-0.3, -0.25) is 0 Å². The third-order valence-corrected chi connectivity index (χ3v) is 2.24. The van der Waals surface area contributed by atoms with Crippen molar-refractivity contribution >= 4 is 0 Å². The van der Waals surface area contributed by atoms with Gasteiger partial charge in [-0.1, -0.05) is 24.3 Å². The van der Waals surface area contributed by atoms with E-state index in [0.717, 1.165) is 16.9 Å². The zero-order chi connectivity index (χ0) is 9.97. The Morgan fingerprint density at radius 2 is 1.86 bits per heavy atom. The van der Waals surface area contributed by atoms with Crippen LogP contribution in [0.25, 0.3) is 11.3 Å². The van der Waals surface area contributed by atoms with Gasteiger partial charge in [-0.05, 0) is 24.6 Å². The highest BCUT2D eigenvalue weighted by Gasteiger charge is 2.02. The minimum atomic E-state index is 0.0839. The van der Waals surface area contributed by atoms with Gasteiger partial charge in [-0.2, -0.15) is 0 Å². The van der Waals surface area contributed by atoms with Crippen LogP contribution in [0.3, 0.4) is 0 Å². The van der Waals surface area contributed by atoms with Crippen molar-refractivity contribution in [2.45, 2.75) is 13.0 Å². The van der Waals surface area contributed by atoms with Crippen LogP contribution >= 0.6 is 0 Å². The van der Waals surface area contributed by atoms with Crippen molar-refractivity contribution in [2.75, 3.05) is 0 Å². The van der Waals surface area contributed by atoms with Gasteiger partial charge in [-0.25, -0.2) is 0 Å². The molecular weight excluding hydrogens is 174 g/mol. The maximum absolute atomic E-state index is 5.76. The van der Waals surface area contributed by atoms with Crippen LogP contribution < -0.4 is 5.73 Å². The first-order valence-corrected chi connectivity index (χ1v) is 4.67. The van der Waals surface area contributed by atoms with E-state index in [0.29, 0.717) is 0 Å². The highest BCUT2D eigenvalue weighted by molar-refractivity contribution is 5.57. The summed E-state index contributed by atoms with van der Waals surface area (Å²) in [6, 6.07) is 12.0. The highest BCUT2D eigenvalue weighted by Crippen LogP contribution is 2.21. The average molecular weight is 187 g/mol. The second kappa shape index (κ2) is 3.68. The molecule has 0 aliphatic heterocycles. The Balaban J connectivity index is 2.31. The van der Waals surface area contributed by atoms with Gasteiger partial charge in [0.05, 0.1) is 6.26 Å². The van der Waals surface area contributed by atoms with Gasteiger partial charge < -0.3 is 10.2 Å². The number of hydrogen-bond donors (Lipinski definition) is 1. The fourth-order valence-corrected chi connectivity index (χ4v) is 1.39. The van der Waals surface area contributed by atoms with Crippen LogP contribution in [0, 0.1) is 0 Å². The van der Waals surface area contributed by atoms with E-state index < -0.39 is 0 Å². The molecule has 2 N–H and O–H groups in total. The van der Waals surface area contributed by atoms with Crippen LogP contribution in [0.15, 0.2) is 47.1 Å². The van der Waals surface area contributed by atoms with E-state index >= 15 is 0 Å². The molecule has 14 heavy (non-hydrogen) atoms. The monoisotopic (exact) mass is 187 g/mol. The molecule has 0 aliphatic carbocycles. The summed E-state index contributed by atoms with van der Waals surface area (Å²) in [4.78, 5) is 0. The van der Waals surface area contributed by atoms with Gasteiger partial charge in [0, 0.05) is 11.6 Å². The smallest absolute Gasteiger partial charge is 0.133 e. The molecule has 1 aromatic heterocycles. The molecule has 0 spiro atoms. The number of benzene rings is 1. The van der Waals surface area contributed by atoms with E-state index in [2.05, 4.69) is 0 Å². The Morgan fingerprint density at radius 3 is 2.36 bits per heavy atom. The molecular formula is C12H13NO. The summed E-state index contributed by atoms with van der Waals surface area (Å²) in [6.07, 6.45) is 1.68. The molecule has 0 bridgehead atoms. The fourth-order valence-electron chi connectivity index (χ4n) is 1.39. The lowest BCUT2D eigenvalue weighted by molar-refractivity contribution is 0.582. The Morgan fingerprint density at radius 1 is 1.14 bits per heavy atom. The van der Waals surface area contributed by atoms with E-state index in [1.807, 2.05) is 43.3 Å². The number of hydrogen-bond acceptors (Lipinski definition) is 2. The topological polar surface area (TPSA) is 39.2 Å². The Kier molecular flexibility index (Phi) is 2.37. The normalized spacial score (nSPS) is 12.7. The second-order valence-electron chi connectivity index (χ2n) is 3.39. The third-order valence-electron chi connectivity index (χ3n) is 2.24. The number of rotatable bonds is 2. The van der Waals surface area contributed by atoms with E-state index in [4.69, 9.17) is 10.2 Å². The summed E-state index contributed by atoms with van der Waals surface area (Å²) in [5.74, 6) is 0.890. The molecule has 0 amide bonds. The van der Waals surface area contributed by atoms with Crippen LogP contribution in [-0.2, 0) is 0 Å². The number of furan rings is 1. The van der Waals surface area contributed by atoms with E-state index in [1.165, 1.54) is 0 Å². The highest BCUT2D eigenvalue weighted by atomic mass is 16.3. The summed E-state index contributed by atoms with van der Waals surface area (Å²) in [5.41, 5.74) is 7.98. The molecule has 2 nitrogen and oxygen atoms in total. The van der Waals surface area contributed by atoms with Gasteiger partial charge >= 0.3 is 0 Å². The molecule has 0 saturated heterocycles. The molecule has 72 valence electrons. The van der Waals surface area contributed by atoms with Crippen molar-refractivity contribution in [1.82, 2.24) is 0 Å². The van der Waals surface area contributed by atoms with Crippen LogP contribution in [0.2, 0.25) is 0 Å². The van der Waals surface area contributed by atoms with Crippen molar-refractivity contribution in [2.24, 2.45) is 5.73 Å². The van der Waals surface area contributed by atoms with Crippen LogP contribution in [0.1, 0.15) is 18.5 Å². The van der Waals surface area contributed by atoms with Gasteiger partial charge in [-0.15, -0.1) is 0 Å². The van der Waals surface area contributed by atoms with E-state index in [-0.39, 0.29) is 6.04 Å². The lowest BCUT2D eigenvalue weighted by atomic mass is 10.1. The van der Waals surface area contributed by atoms with E-state index in [1.54, 1.807) is 6.26 Å². The predicted molar refractivity (Wildman–Crippen MR) is 56.7 cm³/mol.